The second-order valence-corrected chi connectivity index (χ2v) is 13.2. The van der Waals surface area contributed by atoms with Gasteiger partial charge in [0.15, 0.2) is 0 Å². The third kappa shape index (κ3) is 5.85. The molecule has 1 aromatic carbocycles. The number of nitrogens with zero attached hydrogens (tertiary/aromatic N) is 1. The highest BCUT2D eigenvalue weighted by Gasteiger charge is 2.51. The number of aromatic nitrogens is 1. The fourth-order valence-corrected chi connectivity index (χ4v) is 8.71. The van der Waals surface area contributed by atoms with Crippen LogP contribution in [-0.4, -0.2) is 36.3 Å². The molecule has 5 aliphatic carbocycles. The van der Waals surface area contributed by atoms with E-state index < -0.39 is 0 Å². The minimum atomic E-state index is 0.0283. The zero-order valence-electron chi connectivity index (χ0n) is 24.1. The number of amides is 2. The summed E-state index contributed by atoms with van der Waals surface area (Å²) in [7, 11) is 1.73. The molecule has 3 N–H and O–H groups in total. The van der Waals surface area contributed by atoms with E-state index in [1.54, 1.807) is 7.11 Å². The second kappa shape index (κ2) is 11.5. The summed E-state index contributed by atoms with van der Waals surface area (Å²) in [5.74, 6) is 3.34. The fraction of sp³-hybridized carbons (Fsp3) is 0.697. The van der Waals surface area contributed by atoms with Crippen molar-refractivity contribution in [2.24, 2.45) is 17.8 Å². The van der Waals surface area contributed by atoms with Crippen molar-refractivity contribution in [2.75, 3.05) is 19.0 Å². The molecule has 4 fully saturated rings. The van der Waals surface area contributed by atoms with Gasteiger partial charge in [-0.2, -0.15) is 0 Å². The molecule has 1 heterocycles. The number of hydrogen-bond donors (Lipinski definition) is 3. The Hall–Kier alpha value is -2.50. The van der Waals surface area contributed by atoms with E-state index in [2.05, 4.69) is 35.0 Å². The van der Waals surface area contributed by atoms with Gasteiger partial charge in [0.1, 0.15) is 5.75 Å². The summed E-state index contributed by atoms with van der Waals surface area (Å²) in [5.41, 5.74) is 4.87. The summed E-state index contributed by atoms with van der Waals surface area (Å²) in [4.78, 5) is 18.4. The Morgan fingerprint density at radius 1 is 1.05 bits per heavy atom. The van der Waals surface area contributed by atoms with Crippen molar-refractivity contribution in [3.63, 3.8) is 0 Å². The van der Waals surface area contributed by atoms with E-state index in [0.717, 1.165) is 60.1 Å². The van der Waals surface area contributed by atoms with Gasteiger partial charge in [-0.3, -0.25) is 4.98 Å². The third-order valence-electron chi connectivity index (χ3n) is 10.1. The van der Waals surface area contributed by atoms with Crippen LogP contribution >= 0.6 is 0 Å². The highest BCUT2D eigenvalue weighted by molar-refractivity contribution is 5.94. The summed E-state index contributed by atoms with van der Waals surface area (Å²) >= 11 is 0. The van der Waals surface area contributed by atoms with Crippen LogP contribution in [0.4, 0.5) is 10.5 Å². The van der Waals surface area contributed by atoms with Gasteiger partial charge >= 0.3 is 6.03 Å². The third-order valence-corrected chi connectivity index (χ3v) is 10.1. The molecule has 4 saturated carbocycles. The number of unbranched alkanes of at least 4 members (excludes halogenated alkanes) is 3. The normalized spacial score (nSPS) is 27.7. The van der Waals surface area contributed by atoms with Gasteiger partial charge < -0.3 is 20.7 Å². The predicted molar refractivity (Wildman–Crippen MR) is 159 cm³/mol. The minimum Gasteiger partial charge on any atom is -0.497 e. The SMILES string of the molecule is CCCCCCC(CNC(=O)NC12CC3CC(CC(C3)C1)C2)Nc1c2c(nc3ccc(OC)cc13)CCCC2. The lowest BCUT2D eigenvalue weighted by Gasteiger charge is -2.56. The first-order chi connectivity index (χ1) is 19.0. The molecule has 212 valence electrons. The second-order valence-electron chi connectivity index (χ2n) is 13.2. The van der Waals surface area contributed by atoms with Crippen LogP contribution in [0, 0.1) is 17.8 Å². The Bertz CT molecular complexity index is 1140. The number of methoxy groups -OCH3 is 1. The molecule has 2 amide bonds. The van der Waals surface area contributed by atoms with Crippen molar-refractivity contribution in [1.82, 2.24) is 15.6 Å². The highest BCUT2D eigenvalue weighted by atomic mass is 16.5. The molecule has 6 heteroatoms. The summed E-state index contributed by atoms with van der Waals surface area (Å²) in [5, 5.41) is 11.9. The number of carbonyl (C=O) groups is 1. The van der Waals surface area contributed by atoms with E-state index in [1.165, 1.54) is 87.6 Å². The Kier molecular flexibility index (Phi) is 7.91. The van der Waals surface area contributed by atoms with E-state index in [9.17, 15) is 4.79 Å². The molecule has 1 atom stereocenters. The van der Waals surface area contributed by atoms with Crippen LogP contribution in [0.3, 0.4) is 0 Å². The molecule has 39 heavy (non-hydrogen) atoms. The first kappa shape index (κ1) is 26.7. The zero-order chi connectivity index (χ0) is 26.8. The number of fused-ring (bicyclic) bond motifs is 2. The number of pyridine rings is 1. The highest BCUT2D eigenvalue weighted by Crippen LogP contribution is 2.55. The lowest BCUT2D eigenvalue weighted by Crippen LogP contribution is -2.61. The van der Waals surface area contributed by atoms with E-state index >= 15 is 0 Å². The van der Waals surface area contributed by atoms with Crippen molar-refractivity contribution in [3.8, 4) is 5.75 Å². The summed E-state index contributed by atoms with van der Waals surface area (Å²) < 4.78 is 5.59. The first-order valence-electron chi connectivity index (χ1n) is 15.9. The topological polar surface area (TPSA) is 75.3 Å². The van der Waals surface area contributed by atoms with E-state index in [0.29, 0.717) is 6.54 Å². The number of carbonyl (C=O) groups excluding carboxylic acids is 1. The van der Waals surface area contributed by atoms with Crippen molar-refractivity contribution in [3.05, 3.63) is 29.5 Å². The summed E-state index contributed by atoms with van der Waals surface area (Å²) in [6.07, 6.45) is 18.1. The van der Waals surface area contributed by atoms with Gasteiger partial charge in [-0.15, -0.1) is 0 Å². The van der Waals surface area contributed by atoms with Crippen LogP contribution in [0.2, 0.25) is 0 Å². The molecule has 4 bridgehead atoms. The Morgan fingerprint density at radius 3 is 2.51 bits per heavy atom. The van der Waals surface area contributed by atoms with Crippen LogP contribution in [0.15, 0.2) is 18.2 Å². The van der Waals surface area contributed by atoms with Gasteiger partial charge in [-0.1, -0.05) is 32.6 Å². The predicted octanol–water partition coefficient (Wildman–Crippen LogP) is 7.14. The van der Waals surface area contributed by atoms with Gasteiger partial charge in [-0.25, -0.2) is 4.79 Å². The molecule has 2 aromatic rings. The average Bonchev–Trinajstić information content (AvgIpc) is 2.92. The van der Waals surface area contributed by atoms with Gasteiger partial charge in [0, 0.05) is 34.9 Å². The van der Waals surface area contributed by atoms with Crippen molar-refractivity contribution < 1.29 is 9.53 Å². The smallest absolute Gasteiger partial charge is 0.315 e. The average molecular weight is 533 g/mol. The number of ether oxygens (including phenoxy) is 1. The maximum absolute atomic E-state index is 13.3. The molecule has 1 unspecified atom stereocenters. The molecule has 0 radical (unpaired) electrons. The monoisotopic (exact) mass is 532 g/mol. The van der Waals surface area contributed by atoms with Crippen molar-refractivity contribution in [2.45, 2.75) is 115 Å². The van der Waals surface area contributed by atoms with Gasteiger partial charge in [0.05, 0.1) is 12.6 Å². The molecular formula is C33H48N4O2. The Morgan fingerprint density at radius 2 is 1.79 bits per heavy atom. The van der Waals surface area contributed by atoms with E-state index in [1.807, 2.05) is 6.07 Å². The van der Waals surface area contributed by atoms with Crippen LogP contribution in [-0.2, 0) is 12.8 Å². The molecule has 7 rings (SSSR count). The Labute approximate surface area is 234 Å². The van der Waals surface area contributed by atoms with Crippen LogP contribution < -0.4 is 20.7 Å². The number of hydrogen-bond acceptors (Lipinski definition) is 4. The number of aryl methyl sites for hydroxylation is 1. The molecule has 1 aromatic heterocycles. The largest absolute Gasteiger partial charge is 0.497 e. The summed E-state index contributed by atoms with van der Waals surface area (Å²) in [6.45, 7) is 2.89. The molecule has 0 aliphatic heterocycles. The zero-order valence-corrected chi connectivity index (χ0v) is 24.1. The molecule has 0 spiro atoms. The number of nitrogens with one attached hydrogen (secondary N) is 3. The number of benzene rings is 1. The molecule has 6 nitrogen and oxygen atoms in total. The van der Waals surface area contributed by atoms with E-state index in [-0.39, 0.29) is 17.6 Å². The maximum Gasteiger partial charge on any atom is 0.315 e. The lowest BCUT2D eigenvalue weighted by molar-refractivity contribution is -0.0135. The molecule has 0 saturated heterocycles. The van der Waals surface area contributed by atoms with Crippen LogP contribution in [0.25, 0.3) is 10.9 Å². The fourth-order valence-electron chi connectivity index (χ4n) is 8.71. The van der Waals surface area contributed by atoms with Crippen molar-refractivity contribution in [1.29, 1.82) is 0 Å². The first-order valence-corrected chi connectivity index (χ1v) is 15.9. The number of anilines is 1. The van der Waals surface area contributed by atoms with Gasteiger partial charge in [0.25, 0.3) is 0 Å². The van der Waals surface area contributed by atoms with Gasteiger partial charge in [-0.05, 0) is 112 Å². The van der Waals surface area contributed by atoms with Crippen LogP contribution in [0.1, 0.15) is 102 Å². The lowest BCUT2D eigenvalue weighted by atomic mass is 9.53. The van der Waals surface area contributed by atoms with E-state index in [4.69, 9.17) is 9.72 Å². The minimum absolute atomic E-state index is 0.0283. The van der Waals surface area contributed by atoms with Gasteiger partial charge in [0.2, 0.25) is 0 Å². The summed E-state index contributed by atoms with van der Waals surface area (Å²) in [6, 6.07) is 6.42. The quantitative estimate of drug-likeness (QED) is 0.269. The number of rotatable bonds is 11. The number of urea groups is 1. The molecule has 5 aliphatic rings. The van der Waals surface area contributed by atoms with Crippen LogP contribution in [0.5, 0.6) is 5.75 Å². The Balaban J connectivity index is 1.19. The standard InChI is InChI=1S/C33H48N4O2/c1-3-4-5-6-9-25(21-34-32(38)37-33-18-22-14-23(19-33)16-24(15-22)20-33)35-31-27-10-7-8-11-29(27)36-30-13-12-26(39-2)17-28(30)31/h12-13,17,22-25H,3-11,14-16,18-21H2,1-2H3,(H,35,36)(H2,34,37,38). The molecular weight excluding hydrogens is 484 g/mol. The maximum atomic E-state index is 13.3. The van der Waals surface area contributed by atoms with Crippen molar-refractivity contribution >= 4 is 22.6 Å².